The molecule has 0 atom stereocenters. The maximum Gasteiger partial charge on any atom is 0.269 e. The molecule has 2 aromatic heterocycles. The number of nitro groups is 1. The van der Waals surface area contributed by atoms with Crippen LogP contribution in [0.5, 0.6) is 0 Å². The molecule has 0 radical (unpaired) electrons. The van der Waals surface area contributed by atoms with Crippen molar-refractivity contribution in [1.29, 1.82) is 0 Å². The van der Waals surface area contributed by atoms with E-state index < -0.39 is 4.92 Å². The van der Waals surface area contributed by atoms with Crippen molar-refractivity contribution in [3.63, 3.8) is 0 Å². The van der Waals surface area contributed by atoms with Crippen molar-refractivity contribution in [1.82, 2.24) is 4.98 Å². The highest BCUT2D eigenvalue weighted by molar-refractivity contribution is 8.01. The topological polar surface area (TPSA) is 85.1 Å². The third-order valence-electron chi connectivity index (χ3n) is 4.36. The number of nitrogens with one attached hydrogen (secondary N) is 1. The average Bonchev–Trinajstić information content (AvgIpc) is 3.37. The van der Waals surface area contributed by atoms with Crippen molar-refractivity contribution in [2.24, 2.45) is 0 Å². The Morgan fingerprint density at radius 2 is 1.97 bits per heavy atom. The van der Waals surface area contributed by atoms with E-state index in [-0.39, 0.29) is 18.0 Å². The van der Waals surface area contributed by atoms with E-state index in [9.17, 15) is 14.9 Å². The number of aryl methyl sites for hydroxylation is 1. The lowest BCUT2D eigenvalue weighted by Crippen LogP contribution is -2.14. The lowest BCUT2D eigenvalue weighted by Gasteiger charge is -2.05. The van der Waals surface area contributed by atoms with Gasteiger partial charge in [-0.05, 0) is 52.6 Å². The van der Waals surface area contributed by atoms with E-state index in [0.29, 0.717) is 5.69 Å². The van der Waals surface area contributed by atoms with Crippen molar-refractivity contribution < 1.29 is 9.72 Å². The largest absolute Gasteiger partial charge is 0.326 e. The highest BCUT2D eigenvalue weighted by atomic mass is 32.2. The summed E-state index contributed by atoms with van der Waals surface area (Å²) in [5.41, 5.74) is 3.73. The number of hydrogen-bond acceptors (Lipinski definition) is 7. The van der Waals surface area contributed by atoms with Gasteiger partial charge in [-0.2, -0.15) is 11.3 Å². The molecule has 6 nitrogen and oxygen atoms in total. The van der Waals surface area contributed by atoms with Crippen molar-refractivity contribution in [2.75, 3.05) is 11.1 Å². The number of anilines is 1. The minimum Gasteiger partial charge on any atom is -0.326 e. The summed E-state index contributed by atoms with van der Waals surface area (Å²) in [6, 6.07) is 13.9. The van der Waals surface area contributed by atoms with Crippen molar-refractivity contribution in [2.45, 2.75) is 17.2 Å². The summed E-state index contributed by atoms with van der Waals surface area (Å²) in [5.74, 6) is 0.813. The third kappa shape index (κ3) is 5.24. The fourth-order valence-electron chi connectivity index (χ4n) is 2.86. The van der Waals surface area contributed by atoms with Crippen molar-refractivity contribution in [3.8, 4) is 0 Å². The molecule has 0 spiro atoms. The zero-order chi connectivity index (χ0) is 20.9. The Kier molecular flexibility index (Phi) is 6.41. The monoisotopic (exact) mass is 455 g/mol. The second-order valence-electron chi connectivity index (χ2n) is 6.54. The predicted molar refractivity (Wildman–Crippen MR) is 124 cm³/mol. The number of hydrogen-bond donors (Lipinski definition) is 1. The van der Waals surface area contributed by atoms with E-state index in [2.05, 4.69) is 27.1 Å². The number of fused-ring (bicyclic) bond motifs is 1. The summed E-state index contributed by atoms with van der Waals surface area (Å²) in [6.07, 6.45) is 1.18. The lowest BCUT2D eigenvalue weighted by molar-refractivity contribution is -0.384. The van der Waals surface area contributed by atoms with Crippen molar-refractivity contribution in [3.05, 3.63) is 80.5 Å². The second kappa shape index (κ2) is 9.38. The number of benzene rings is 2. The number of nitro benzene ring substituents is 1. The number of thiazole rings is 1. The molecule has 0 bridgehead atoms. The first kappa shape index (κ1) is 20.5. The van der Waals surface area contributed by atoms with Gasteiger partial charge in [0, 0.05) is 23.6 Å². The van der Waals surface area contributed by atoms with Crippen LogP contribution in [0.2, 0.25) is 0 Å². The number of non-ortho nitro benzene ring substituents is 1. The summed E-state index contributed by atoms with van der Waals surface area (Å²) >= 11 is 5.08. The van der Waals surface area contributed by atoms with Crippen LogP contribution in [0.4, 0.5) is 11.4 Å². The minimum absolute atomic E-state index is 0.0128. The quantitative estimate of drug-likeness (QED) is 0.207. The molecule has 2 heterocycles. The average molecular weight is 456 g/mol. The Morgan fingerprint density at radius 3 is 2.70 bits per heavy atom. The predicted octanol–water partition coefficient (Wildman–Crippen LogP) is 5.78. The molecule has 4 rings (SSSR count). The van der Waals surface area contributed by atoms with Gasteiger partial charge < -0.3 is 5.32 Å². The molecular weight excluding hydrogens is 438 g/mol. The molecule has 0 saturated heterocycles. The zero-order valence-electron chi connectivity index (χ0n) is 15.7. The zero-order valence-corrected chi connectivity index (χ0v) is 18.2. The van der Waals surface area contributed by atoms with Gasteiger partial charge in [0.2, 0.25) is 5.91 Å². The molecule has 9 heteroatoms. The summed E-state index contributed by atoms with van der Waals surface area (Å²) in [7, 11) is 0. The Hall–Kier alpha value is -2.75. The van der Waals surface area contributed by atoms with E-state index in [0.717, 1.165) is 32.3 Å². The number of rotatable bonds is 8. The molecule has 0 aliphatic rings. The number of carbonyl (C=O) groups is 1. The Balaban J connectivity index is 1.35. The third-order valence-corrected chi connectivity index (χ3v) is 7.26. The Morgan fingerprint density at radius 1 is 1.13 bits per heavy atom. The van der Waals surface area contributed by atoms with Gasteiger partial charge >= 0.3 is 0 Å². The molecule has 0 saturated carbocycles. The standard InChI is InChI=1S/C21H17N3O3S3/c25-20(11-14-1-4-17(5-2-14)24(26)27)22-16-3-6-18-19(12-16)30-21(23-18)29-10-8-15-7-9-28-13-15/h1-7,9,12-13H,8,10-11H2,(H,22,25). The summed E-state index contributed by atoms with van der Waals surface area (Å²) in [6.45, 7) is 0. The number of thioether (sulfide) groups is 1. The molecule has 4 aromatic rings. The van der Waals surface area contributed by atoms with Gasteiger partial charge in [-0.15, -0.1) is 11.3 Å². The van der Waals surface area contributed by atoms with Gasteiger partial charge in [-0.3, -0.25) is 14.9 Å². The molecule has 152 valence electrons. The molecule has 0 unspecified atom stereocenters. The summed E-state index contributed by atoms with van der Waals surface area (Å²) in [4.78, 5) is 27.3. The highest BCUT2D eigenvalue weighted by Crippen LogP contribution is 2.31. The fourth-order valence-corrected chi connectivity index (χ4v) is 5.73. The Bertz CT molecular complexity index is 1170. The smallest absolute Gasteiger partial charge is 0.269 e. The van der Waals surface area contributed by atoms with E-state index in [1.54, 1.807) is 46.6 Å². The molecule has 2 aromatic carbocycles. The van der Waals surface area contributed by atoms with Crippen LogP contribution in [0, 0.1) is 10.1 Å². The number of amides is 1. The minimum atomic E-state index is -0.456. The molecule has 0 fully saturated rings. The number of thiophene rings is 1. The van der Waals surface area contributed by atoms with Crippen LogP contribution in [-0.2, 0) is 17.6 Å². The SMILES string of the molecule is O=C(Cc1ccc([N+](=O)[O-])cc1)Nc1ccc2nc(SCCc3ccsc3)sc2c1. The maximum atomic E-state index is 12.3. The van der Waals surface area contributed by atoms with E-state index in [1.807, 2.05) is 18.2 Å². The molecule has 1 amide bonds. The van der Waals surface area contributed by atoms with Gasteiger partial charge in [0.1, 0.15) is 0 Å². The first-order valence-electron chi connectivity index (χ1n) is 9.14. The maximum absolute atomic E-state index is 12.3. The molecule has 0 aliphatic heterocycles. The van der Waals surface area contributed by atoms with Gasteiger partial charge in [-0.1, -0.05) is 23.9 Å². The number of carbonyl (C=O) groups excluding carboxylic acids is 1. The van der Waals surface area contributed by atoms with Crippen molar-refractivity contribution >= 4 is 61.9 Å². The van der Waals surface area contributed by atoms with Crippen LogP contribution in [0.1, 0.15) is 11.1 Å². The summed E-state index contributed by atoms with van der Waals surface area (Å²) < 4.78 is 2.05. The van der Waals surface area contributed by atoms with E-state index in [1.165, 1.54) is 17.7 Å². The lowest BCUT2D eigenvalue weighted by atomic mass is 10.1. The fraction of sp³-hybridized carbons (Fsp3) is 0.143. The second-order valence-corrected chi connectivity index (χ2v) is 9.69. The van der Waals surface area contributed by atoms with Crippen LogP contribution in [-0.4, -0.2) is 21.6 Å². The van der Waals surface area contributed by atoms with Crippen LogP contribution in [0.15, 0.2) is 63.6 Å². The molecular formula is C21H17N3O3S3. The van der Waals surface area contributed by atoms with Crippen LogP contribution in [0.3, 0.4) is 0 Å². The van der Waals surface area contributed by atoms with Crippen LogP contribution >= 0.6 is 34.4 Å². The van der Waals surface area contributed by atoms with Crippen LogP contribution in [0.25, 0.3) is 10.2 Å². The highest BCUT2D eigenvalue weighted by Gasteiger charge is 2.10. The van der Waals surface area contributed by atoms with Gasteiger partial charge in [0.25, 0.3) is 5.69 Å². The molecule has 1 N–H and O–H groups in total. The van der Waals surface area contributed by atoms with E-state index in [4.69, 9.17) is 0 Å². The number of aromatic nitrogens is 1. The molecule has 0 aliphatic carbocycles. The first-order chi connectivity index (χ1) is 14.6. The van der Waals surface area contributed by atoms with Gasteiger partial charge in [0.05, 0.1) is 21.6 Å². The van der Waals surface area contributed by atoms with Gasteiger partial charge in [0.15, 0.2) is 4.34 Å². The van der Waals surface area contributed by atoms with E-state index >= 15 is 0 Å². The Labute approximate surface area is 185 Å². The van der Waals surface area contributed by atoms with Gasteiger partial charge in [-0.25, -0.2) is 4.98 Å². The first-order valence-corrected chi connectivity index (χ1v) is 11.9. The summed E-state index contributed by atoms with van der Waals surface area (Å²) in [5, 5.41) is 17.9. The normalized spacial score (nSPS) is 10.9. The molecule has 30 heavy (non-hydrogen) atoms. The van der Waals surface area contributed by atoms with Crippen LogP contribution < -0.4 is 5.32 Å². The number of nitrogens with zero attached hydrogens (tertiary/aromatic N) is 2.